The van der Waals surface area contributed by atoms with Crippen molar-refractivity contribution in [3.05, 3.63) is 59.8 Å². The van der Waals surface area contributed by atoms with E-state index in [0.29, 0.717) is 43.7 Å². The molecule has 0 bridgehead atoms. The molecule has 1 aromatic heterocycles. The number of nitrogens with zero attached hydrogens (tertiary/aromatic N) is 4. The first-order valence-electron chi connectivity index (χ1n) is 11.0. The summed E-state index contributed by atoms with van der Waals surface area (Å²) < 4.78 is 38.6. The molecule has 1 fully saturated rings. The Morgan fingerprint density at radius 1 is 0.882 bits per heavy atom. The largest absolute Gasteiger partial charge is 0.497 e. The molecule has 0 aliphatic carbocycles. The Morgan fingerprint density at radius 3 is 2.24 bits per heavy atom. The van der Waals surface area contributed by atoms with Crippen molar-refractivity contribution in [3.8, 4) is 11.5 Å². The number of sulfonamides is 1. The van der Waals surface area contributed by atoms with Crippen molar-refractivity contribution in [2.45, 2.75) is 18.7 Å². The van der Waals surface area contributed by atoms with Crippen LogP contribution in [0.1, 0.15) is 11.3 Å². The van der Waals surface area contributed by atoms with E-state index in [0.717, 1.165) is 22.7 Å². The zero-order valence-corrected chi connectivity index (χ0v) is 20.6. The Morgan fingerprint density at radius 2 is 1.59 bits per heavy atom. The summed E-state index contributed by atoms with van der Waals surface area (Å²) in [5.74, 6) is 2.37. The quantitative estimate of drug-likeness (QED) is 0.546. The molecule has 1 aliphatic rings. The minimum Gasteiger partial charge on any atom is -0.497 e. The van der Waals surface area contributed by atoms with E-state index in [4.69, 9.17) is 9.47 Å². The molecule has 4 rings (SSSR count). The SMILES string of the molecule is COc1ccc(Nc2cc(C)nc(N3CCN(S(=O)(=O)c4cc(C)ccc4OC)CC3)n2)cc1. The monoisotopic (exact) mass is 483 g/mol. The van der Waals surface area contributed by atoms with Gasteiger partial charge < -0.3 is 19.7 Å². The maximum absolute atomic E-state index is 13.3. The number of methoxy groups -OCH3 is 2. The van der Waals surface area contributed by atoms with Gasteiger partial charge in [-0.25, -0.2) is 13.4 Å². The van der Waals surface area contributed by atoms with Crippen molar-refractivity contribution in [1.29, 1.82) is 0 Å². The number of ether oxygens (including phenoxy) is 2. The van der Waals surface area contributed by atoms with Crippen LogP contribution in [0.15, 0.2) is 53.4 Å². The molecule has 0 saturated carbocycles. The highest BCUT2D eigenvalue weighted by Gasteiger charge is 2.31. The molecular weight excluding hydrogens is 454 g/mol. The van der Waals surface area contributed by atoms with Crippen molar-refractivity contribution in [3.63, 3.8) is 0 Å². The molecule has 0 radical (unpaired) electrons. The molecule has 2 heterocycles. The second-order valence-electron chi connectivity index (χ2n) is 8.09. The van der Waals surface area contributed by atoms with Crippen LogP contribution in [0.3, 0.4) is 0 Å². The maximum atomic E-state index is 13.3. The molecule has 1 aliphatic heterocycles. The summed E-state index contributed by atoms with van der Waals surface area (Å²) in [6, 6.07) is 14.6. The lowest BCUT2D eigenvalue weighted by molar-refractivity contribution is 0.372. The first kappa shape index (κ1) is 23.8. The normalized spacial score (nSPS) is 14.6. The molecule has 0 spiro atoms. The van der Waals surface area contributed by atoms with E-state index in [1.54, 1.807) is 19.2 Å². The van der Waals surface area contributed by atoms with Gasteiger partial charge in [0, 0.05) is 43.6 Å². The van der Waals surface area contributed by atoms with E-state index in [9.17, 15) is 8.42 Å². The second-order valence-corrected chi connectivity index (χ2v) is 10.00. The highest BCUT2D eigenvalue weighted by atomic mass is 32.2. The zero-order chi connectivity index (χ0) is 24.3. The number of nitrogens with one attached hydrogen (secondary N) is 1. The fourth-order valence-corrected chi connectivity index (χ4v) is 5.50. The van der Waals surface area contributed by atoms with Gasteiger partial charge in [-0.2, -0.15) is 9.29 Å². The highest BCUT2D eigenvalue weighted by Crippen LogP contribution is 2.29. The van der Waals surface area contributed by atoms with Crippen LogP contribution in [0.4, 0.5) is 17.5 Å². The second kappa shape index (κ2) is 9.86. The molecule has 2 aromatic carbocycles. The lowest BCUT2D eigenvalue weighted by Gasteiger charge is -2.34. The van der Waals surface area contributed by atoms with E-state index < -0.39 is 10.0 Å². The van der Waals surface area contributed by atoms with Gasteiger partial charge in [0.15, 0.2) is 0 Å². The molecule has 0 unspecified atom stereocenters. The van der Waals surface area contributed by atoms with Crippen LogP contribution in [-0.2, 0) is 10.0 Å². The minimum atomic E-state index is -3.68. The van der Waals surface area contributed by atoms with Crippen molar-refractivity contribution >= 4 is 27.5 Å². The Kier molecular flexibility index (Phi) is 6.90. The van der Waals surface area contributed by atoms with E-state index in [1.807, 2.05) is 55.1 Å². The fourth-order valence-electron chi connectivity index (χ4n) is 3.83. The predicted octanol–water partition coefficient (Wildman–Crippen LogP) is 3.37. The Hall–Kier alpha value is -3.37. The van der Waals surface area contributed by atoms with Gasteiger partial charge in [-0.05, 0) is 55.8 Å². The molecule has 34 heavy (non-hydrogen) atoms. The van der Waals surface area contributed by atoms with Gasteiger partial charge in [0.25, 0.3) is 0 Å². The van der Waals surface area contributed by atoms with Gasteiger partial charge in [0.1, 0.15) is 22.2 Å². The van der Waals surface area contributed by atoms with Crippen LogP contribution in [0, 0.1) is 13.8 Å². The molecule has 1 N–H and O–H groups in total. The Labute approximate surface area is 200 Å². The van der Waals surface area contributed by atoms with Crippen LogP contribution in [-0.4, -0.2) is 63.1 Å². The summed E-state index contributed by atoms with van der Waals surface area (Å²) in [6.45, 7) is 5.41. The van der Waals surface area contributed by atoms with E-state index >= 15 is 0 Å². The number of benzene rings is 2. The third-order valence-corrected chi connectivity index (χ3v) is 7.58. The summed E-state index contributed by atoms with van der Waals surface area (Å²) in [5, 5.41) is 3.29. The van der Waals surface area contributed by atoms with Gasteiger partial charge in [-0.1, -0.05) is 6.07 Å². The number of rotatable bonds is 7. The van der Waals surface area contributed by atoms with Crippen LogP contribution in [0.5, 0.6) is 11.5 Å². The zero-order valence-electron chi connectivity index (χ0n) is 19.8. The summed E-state index contributed by atoms with van der Waals surface area (Å²) in [7, 11) is -0.567. The van der Waals surface area contributed by atoms with E-state index in [1.165, 1.54) is 11.4 Å². The number of aryl methyl sites for hydroxylation is 2. The van der Waals surface area contributed by atoms with Crippen molar-refractivity contribution in [2.75, 3.05) is 50.6 Å². The van der Waals surface area contributed by atoms with Gasteiger partial charge in [-0.15, -0.1) is 0 Å². The molecule has 10 heteroatoms. The average Bonchev–Trinajstić information content (AvgIpc) is 2.84. The van der Waals surface area contributed by atoms with Gasteiger partial charge >= 0.3 is 0 Å². The topological polar surface area (TPSA) is 96.9 Å². The lowest BCUT2D eigenvalue weighted by Crippen LogP contribution is -2.49. The Balaban J connectivity index is 1.48. The summed E-state index contributed by atoms with van der Waals surface area (Å²) in [4.78, 5) is 11.4. The Bertz CT molecular complexity index is 1260. The number of hydrogen-bond acceptors (Lipinski definition) is 8. The third kappa shape index (κ3) is 5.07. The van der Waals surface area contributed by atoms with Crippen LogP contribution >= 0.6 is 0 Å². The smallest absolute Gasteiger partial charge is 0.246 e. The number of aromatic nitrogens is 2. The van der Waals surface area contributed by atoms with Crippen LogP contribution in [0.25, 0.3) is 0 Å². The predicted molar refractivity (Wildman–Crippen MR) is 132 cm³/mol. The standard InChI is InChI=1S/C24H29N5O4S/c1-17-5-10-21(33-4)22(15-17)34(30,31)29-13-11-28(12-14-29)24-25-18(2)16-23(27-24)26-19-6-8-20(32-3)9-7-19/h5-10,15-16H,11-14H2,1-4H3,(H,25,26,27). The highest BCUT2D eigenvalue weighted by molar-refractivity contribution is 7.89. The number of anilines is 3. The van der Waals surface area contributed by atoms with Crippen LogP contribution in [0.2, 0.25) is 0 Å². The average molecular weight is 484 g/mol. The molecule has 0 amide bonds. The fraction of sp³-hybridized carbons (Fsp3) is 0.333. The van der Waals surface area contributed by atoms with Gasteiger partial charge in [-0.3, -0.25) is 0 Å². The third-order valence-electron chi connectivity index (χ3n) is 5.66. The molecule has 180 valence electrons. The molecule has 3 aromatic rings. The summed E-state index contributed by atoms with van der Waals surface area (Å²) in [5.41, 5.74) is 2.57. The molecule has 9 nitrogen and oxygen atoms in total. The first-order chi connectivity index (χ1) is 16.3. The number of piperazine rings is 1. The van der Waals surface area contributed by atoms with Crippen molar-refractivity contribution < 1.29 is 17.9 Å². The molecular formula is C24H29N5O4S. The van der Waals surface area contributed by atoms with Crippen LogP contribution < -0.4 is 19.7 Å². The number of hydrogen-bond donors (Lipinski definition) is 1. The van der Waals surface area contributed by atoms with Gasteiger partial charge in [0.2, 0.25) is 16.0 Å². The summed E-state index contributed by atoms with van der Waals surface area (Å²) >= 11 is 0. The first-order valence-corrected chi connectivity index (χ1v) is 12.4. The van der Waals surface area contributed by atoms with E-state index in [2.05, 4.69) is 15.3 Å². The van der Waals surface area contributed by atoms with E-state index in [-0.39, 0.29) is 4.90 Å². The summed E-state index contributed by atoms with van der Waals surface area (Å²) in [6.07, 6.45) is 0. The molecule has 1 saturated heterocycles. The lowest BCUT2D eigenvalue weighted by atomic mass is 10.2. The minimum absolute atomic E-state index is 0.196. The van der Waals surface area contributed by atoms with Crippen molar-refractivity contribution in [1.82, 2.24) is 14.3 Å². The molecule has 0 atom stereocenters. The maximum Gasteiger partial charge on any atom is 0.246 e. The van der Waals surface area contributed by atoms with Crippen molar-refractivity contribution in [2.24, 2.45) is 0 Å². The van der Waals surface area contributed by atoms with Gasteiger partial charge in [0.05, 0.1) is 14.2 Å².